The summed E-state index contributed by atoms with van der Waals surface area (Å²) in [5.74, 6) is 0.647. The van der Waals surface area contributed by atoms with Crippen LogP contribution >= 0.6 is 11.3 Å². The van der Waals surface area contributed by atoms with Crippen molar-refractivity contribution in [1.29, 1.82) is 0 Å². The van der Waals surface area contributed by atoms with E-state index >= 15 is 0 Å². The van der Waals surface area contributed by atoms with E-state index in [1.807, 2.05) is 43.9 Å². The van der Waals surface area contributed by atoms with Crippen LogP contribution in [0, 0.1) is 13.8 Å². The number of hydrogen-bond donors (Lipinski definition) is 1. The molecule has 5 nitrogen and oxygen atoms in total. The molecule has 1 saturated heterocycles. The molecule has 2 heterocycles. The molecule has 1 aliphatic rings. The van der Waals surface area contributed by atoms with Crippen LogP contribution in [0.2, 0.25) is 0 Å². The van der Waals surface area contributed by atoms with Gasteiger partial charge in [0.1, 0.15) is 0 Å². The maximum absolute atomic E-state index is 12.9. The lowest BCUT2D eigenvalue weighted by Crippen LogP contribution is -2.38. The van der Waals surface area contributed by atoms with E-state index in [1.54, 1.807) is 11.3 Å². The molecule has 150 valence electrons. The molecule has 3 rings (SSSR count). The van der Waals surface area contributed by atoms with Crippen LogP contribution in [-0.4, -0.2) is 41.3 Å². The van der Waals surface area contributed by atoms with Gasteiger partial charge in [-0.25, -0.2) is 4.98 Å². The Morgan fingerprint density at radius 3 is 2.71 bits per heavy atom. The summed E-state index contributed by atoms with van der Waals surface area (Å²) < 4.78 is 0. The number of hydrogen-bond acceptors (Lipinski definition) is 4. The number of nitrogens with zero attached hydrogens (tertiary/aromatic N) is 2. The first kappa shape index (κ1) is 20.5. The second-order valence-corrected chi connectivity index (χ2v) is 8.41. The summed E-state index contributed by atoms with van der Waals surface area (Å²) in [6, 6.07) is 6.07. The largest absolute Gasteiger partial charge is 0.356 e. The van der Waals surface area contributed by atoms with E-state index in [1.165, 1.54) is 0 Å². The quantitative estimate of drug-likeness (QED) is 0.803. The lowest BCUT2D eigenvalue weighted by atomic mass is 9.96. The average Bonchev–Trinajstić information content (AvgIpc) is 3.18. The molecule has 6 heteroatoms. The van der Waals surface area contributed by atoms with Gasteiger partial charge >= 0.3 is 0 Å². The average molecular weight is 400 g/mol. The van der Waals surface area contributed by atoms with E-state index in [0.29, 0.717) is 18.9 Å². The molecule has 1 aromatic carbocycles. The van der Waals surface area contributed by atoms with E-state index in [2.05, 4.69) is 10.7 Å². The van der Waals surface area contributed by atoms with E-state index < -0.39 is 0 Å². The molecule has 0 unspecified atom stereocenters. The molecule has 0 spiro atoms. The van der Waals surface area contributed by atoms with Gasteiger partial charge in [-0.05, 0) is 38.3 Å². The molecule has 0 bridgehead atoms. The monoisotopic (exact) mass is 399 g/mol. The number of aryl methyl sites for hydroxylation is 2. The van der Waals surface area contributed by atoms with Crippen LogP contribution in [0.5, 0.6) is 0 Å². The van der Waals surface area contributed by atoms with Gasteiger partial charge in [0.25, 0.3) is 5.91 Å². The van der Waals surface area contributed by atoms with Crippen molar-refractivity contribution in [2.24, 2.45) is 0 Å². The Bertz CT molecular complexity index is 838. The Morgan fingerprint density at radius 2 is 2.00 bits per heavy atom. The second-order valence-electron chi connectivity index (χ2n) is 7.52. The van der Waals surface area contributed by atoms with Crippen LogP contribution in [0.15, 0.2) is 23.6 Å². The number of nitrogens with one attached hydrogen (secondary N) is 1. The molecule has 0 aliphatic carbocycles. The number of amides is 2. The number of carbonyl (C=O) groups excluding carboxylic acids is 2. The highest BCUT2D eigenvalue weighted by Gasteiger charge is 2.27. The van der Waals surface area contributed by atoms with Crippen LogP contribution in [0.1, 0.15) is 64.3 Å². The first-order chi connectivity index (χ1) is 13.5. The molecule has 1 aliphatic heterocycles. The molecular weight excluding hydrogens is 370 g/mol. The second kappa shape index (κ2) is 9.32. The summed E-state index contributed by atoms with van der Waals surface area (Å²) in [4.78, 5) is 31.0. The molecule has 0 saturated carbocycles. The maximum atomic E-state index is 12.9. The molecule has 28 heavy (non-hydrogen) atoms. The third-order valence-corrected chi connectivity index (χ3v) is 6.40. The van der Waals surface area contributed by atoms with Gasteiger partial charge in [0.05, 0.1) is 10.7 Å². The van der Waals surface area contributed by atoms with E-state index in [0.717, 1.165) is 59.7 Å². The standard InChI is InChI=1S/C22H29N3O2S/c1-4-20(26)23-10-7-18-14-28-21(24-18)17-8-11-25(12-9-17)22(27)19-13-15(2)5-6-16(19)3/h5-6,13-14,17H,4,7-12H2,1-3H3,(H,23,26). The number of benzene rings is 1. The fraction of sp³-hybridized carbons (Fsp3) is 0.500. The number of piperidine rings is 1. The highest BCUT2D eigenvalue weighted by Crippen LogP contribution is 2.31. The van der Waals surface area contributed by atoms with Crippen LogP contribution in [0.25, 0.3) is 0 Å². The van der Waals surface area contributed by atoms with Crippen LogP contribution in [0.4, 0.5) is 0 Å². The summed E-state index contributed by atoms with van der Waals surface area (Å²) in [6.45, 7) is 8.07. The SMILES string of the molecule is CCC(=O)NCCc1csc(C2CCN(C(=O)c3cc(C)ccc3C)CC2)n1. The smallest absolute Gasteiger partial charge is 0.254 e. The Hall–Kier alpha value is -2.21. The Kier molecular flexibility index (Phi) is 6.83. The predicted octanol–water partition coefficient (Wildman–Crippen LogP) is 3.85. The number of carbonyl (C=O) groups is 2. The molecule has 1 aromatic heterocycles. The Morgan fingerprint density at radius 1 is 1.25 bits per heavy atom. The number of likely N-dealkylation sites (tertiary alicyclic amines) is 1. The van der Waals surface area contributed by atoms with E-state index in [-0.39, 0.29) is 11.8 Å². The highest BCUT2D eigenvalue weighted by atomic mass is 32.1. The van der Waals surface area contributed by atoms with Crippen molar-refractivity contribution in [3.63, 3.8) is 0 Å². The highest BCUT2D eigenvalue weighted by molar-refractivity contribution is 7.09. The van der Waals surface area contributed by atoms with E-state index in [9.17, 15) is 9.59 Å². The van der Waals surface area contributed by atoms with Crippen molar-refractivity contribution in [2.45, 2.75) is 52.4 Å². The van der Waals surface area contributed by atoms with Gasteiger partial charge in [-0.15, -0.1) is 11.3 Å². The van der Waals surface area contributed by atoms with Crippen LogP contribution < -0.4 is 5.32 Å². The Labute approximate surface area is 171 Å². The molecule has 1 N–H and O–H groups in total. The number of aromatic nitrogens is 1. The van der Waals surface area contributed by atoms with Crippen molar-refractivity contribution in [3.8, 4) is 0 Å². The number of rotatable bonds is 6. The lowest BCUT2D eigenvalue weighted by molar-refractivity contribution is -0.120. The fourth-order valence-electron chi connectivity index (χ4n) is 3.55. The number of thiazole rings is 1. The third kappa shape index (κ3) is 4.98. The maximum Gasteiger partial charge on any atom is 0.254 e. The third-order valence-electron chi connectivity index (χ3n) is 5.35. The van der Waals surface area contributed by atoms with E-state index in [4.69, 9.17) is 4.98 Å². The van der Waals surface area contributed by atoms with Crippen LogP contribution in [0.3, 0.4) is 0 Å². The zero-order valence-corrected chi connectivity index (χ0v) is 17.8. The topological polar surface area (TPSA) is 62.3 Å². The molecule has 0 atom stereocenters. The first-order valence-corrected chi connectivity index (χ1v) is 10.9. The summed E-state index contributed by atoms with van der Waals surface area (Å²) in [7, 11) is 0. The summed E-state index contributed by atoms with van der Waals surface area (Å²) >= 11 is 1.70. The van der Waals surface area contributed by atoms with Gasteiger partial charge in [-0.2, -0.15) is 0 Å². The molecule has 2 amide bonds. The first-order valence-electron chi connectivity index (χ1n) is 10.1. The summed E-state index contributed by atoms with van der Waals surface area (Å²) in [5.41, 5.74) is 4.03. The van der Waals surface area contributed by atoms with Gasteiger partial charge in [-0.1, -0.05) is 24.6 Å². The summed E-state index contributed by atoms with van der Waals surface area (Å²) in [5, 5.41) is 6.15. The minimum absolute atomic E-state index is 0.0799. The van der Waals surface area contributed by atoms with Crippen molar-refractivity contribution >= 4 is 23.2 Å². The van der Waals surface area contributed by atoms with Crippen molar-refractivity contribution in [2.75, 3.05) is 19.6 Å². The van der Waals surface area contributed by atoms with Crippen molar-refractivity contribution in [3.05, 3.63) is 51.0 Å². The van der Waals surface area contributed by atoms with Gasteiger partial charge in [-0.3, -0.25) is 9.59 Å². The zero-order chi connectivity index (χ0) is 20.1. The van der Waals surface area contributed by atoms with Gasteiger partial charge < -0.3 is 10.2 Å². The van der Waals surface area contributed by atoms with Gasteiger partial charge in [0, 0.05) is 49.3 Å². The Balaban J connectivity index is 1.53. The molecule has 1 fully saturated rings. The fourth-order valence-corrected chi connectivity index (χ4v) is 4.57. The molecular formula is C22H29N3O2S. The van der Waals surface area contributed by atoms with Crippen molar-refractivity contribution < 1.29 is 9.59 Å². The lowest BCUT2D eigenvalue weighted by Gasteiger charge is -2.31. The van der Waals surface area contributed by atoms with Crippen molar-refractivity contribution in [1.82, 2.24) is 15.2 Å². The molecule has 0 radical (unpaired) electrons. The molecule has 2 aromatic rings. The summed E-state index contributed by atoms with van der Waals surface area (Å²) in [6.07, 6.45) is 3.19. The predicted molar refractivity (Wildman–Crippen MR) is 113 cm³/mol. The minimum Gasteiger partial charge on any atom is -0.356 e. The van der Waals surface area contributed by atoms with Gasteiger partial charge in [0.15, 0.2) is 0 Å². The normalized spacial score (nSPS) is 14.9. The van der Waals surface area contributed by atoms with Crippen LogP contribution in [-0.2, 0) is 11.2 Å². The minimum atomic E-state index is 0.0799. The zero-order valence-electron chi connectivity index (χ0n) is 17.0. The van der Waals surface area contributed by atoms with Gasteiger partial charge in [0.2, 0.25) is 5.91 Å².